The van der Waals surface area contributed by atoms with Gasteiger partial charge in [-0.25, -0.2) is 4.98 Å². The Balaban J connectivity index is 1.59. The molecule has 0 saturated heterocycles. The van der Waals surface area contributed by atoms with Crippen molar-refractivity contribution in [3.8, 4) is 0 Å². The van der Waals surface area contributed by atoms with Crippen LogP contribution in [0.4, 0.5) is 0 Å². The summed E-state index contributed by atoms with van der Waals surface area (Å²) in [6.07, 6.45) is 3.94. The molecule has 1 atom stereocenters. The predicted octanol–water partition coefficient (Wildman–Crippen LogP) is 3.12. The molecule has 3 aromatic rings. The molecule has 0 aliphatic rings. The van der Waals surface area contributed by atoms with E-state index in [4.69, 9.17) is 0 Å². The van der Waals surface area contributed by atoms with Crippen LogP contribution in [0.5, 0.6) is 0 Å². The third-order valence-electron chi connectivity index (χ3n) is 4.73. The van der Waals surface area contributed by atoms with E-state index in [0.29, 0.717) is 6.54 Å². The Hall–Kier alpha value is -3.41. The number of carbonyl (C=O) groups is 2. The molecule has 150 valence electrons. The van der Waals surface area contributed by atoms with Crippen molar-refractivity contribution in [3.63, 3.8) is 0 Å². The maximum absolute atomic E-state index is 12.5. The Labute approximate surface area is 171 Å². The molecule has 2 amide bonds. The lowest BCUT2D eigenvalue weighted by Gasteiger charge is -2.18. The van der Waals surface area contributed by atoms with Gasteiger partial charge in [-0.15, -0.1) is 0 Å². The Bertz CT molecular complexity index is 966. The largest absolute Gasteiger partial charge is 0.352 e. The number of benzene rings is 2. The molecule has 1 aromatic heterocycles. The molecular formula is C23H26N4O2. The summed E-state index contributed by atoms with van der Waals surface area (Å²) >= 11 is 0. The lowest BCUT2D eigenvalue weighted by molar-refractivity contribution is -0.122. The summed E-state index contributed by atoms with van der Waals surface area (Å²) in [4.78, 5) is 28.3. The van der Waals surface area contributed by atoms with Crippen LogP contribution in [0.1, 0.15) is 41.9 Å². The number of nitrogens with zero attached hydrogens (tertiary/aromatic N) is 2. The SMILES string of the molecule is CC(=O)NC(CC(=O)NCc1cccc(Cn2ccnc2C)c1)c1ccccc1. The van der Waals surface area contributed by atoms with Gasteiger partial charge in [0.05, 0.1) is 12.5 Å². The number of imidazole rings is 1. The smallest absolute Gasteiger partial charge is 0.222 e. The van der Waals surface area contributed by atoms with Crippen molar-refractivity contribution >= 4 is 11.8 Å². The van der Waals surface area contributed by atoms with Crippen LogP contribution in [-0.2, 0) is 22.7 Å². The van der Waals surface area contributed by atoms with Crippen LogP contribution >= 0.6 is 0 Å². The molecule has 0 bridgehead atoms. The summed E-state index contributed by atoms with van der Waals surface area (Å²) in [6.45, 7) is 4.62. The minimum atomic E-state index is -0.343. The maximum atomic E-state index is 12.5. The number of aromatic nitrogens is 2. The lowest BCUT2D eigenvalue weighted by atomic mass is 10.0. The highest BCUT2D eigenvalue weighted by atomic mass is 16.2. The molecule has 1 heterocycles. The second-order valence-corrected chi connectivity index (χ2v) is 7.07. The summed E-state index contributed by atoms with van der Waals surface area (Å²) in [6, 6.07) is 17.3. The fraction of sp³-hybridized carbons (Fsp3) is 0.261. The molecule has 3 rings (SSSR count). The Morgan fingerprint density at radius 1 is 1.07 bits per heavy atom. The summed E-state index contributed by atoms with van der Waals surface area (Å²) < 4.78 is 2.08. The molecule has 2 N–H and O–H groups in total. The first-order valence-electron chi connectivity index (χ1n) is 9.65. The van der Waals surface area contributed by atoms with Crippen LogP contribution in [0.2, 0.25) is 0 Å². The monoisotopic (exact) mass is 390 g/mol. The molecule has 0 fully saturated rings. The summed E-state index contributed by atoms with van der Waals surface area (Å²) in [7, 11) is 0. The number of rotatable bonds is 8. The maximum Gasteiger partial charge on any atom is 0.222 e. The first-order chi connectivity index (χ1) is 14.0. The molecule has 0 spiro atoms. The highest BCUT2D eigenvalue weighted by Gasteiger charge is 2.16. The van der Waals surface area contributed by atoms with Crippen LogP contribution < -0.4 is 10.6 Å². The molecule has 0 radical (unpaired) electrons. The minimum Gasteiger partial charge on any atom is -0.352 e. The van der Waals surface area contributed by atoms with Gasteiger partial charge in [0.1, 0.15) is 5.82 Å². The van der Waals surface area contributed by atoms with Gasteiger partial charge in [-0.3, -0.25) is 9.59 Å². The van der Waals surface area contributed by atoms with E-state index in [1.807, 2.05) is 55.6 Å². The summed E-state index contributed by atoms with van der Waals surface area (Å²) in [5, 5.41) is 5.82. The lowest BCUT2D eigenvalue weighted by Crippen LogP contribution is -2.32. The van der Waals surface area contributed by atoms with E-state index in [1.165, 1.54) is 6.92 Å². The Morgan fingerprint density at radius 3 is 2.52 bits per heavy atom. The number of carbonyl (C=O) groups excluding carboxylic acids is 2. The number of nitrogens with one attached hydrogen (secondary N) is 2. The van der Waals surface area contributed by atoms with Crippen LogP contribution in [0.25, 0.3) is 0 Å². The average molecular weight is 390 g/mol. The average Bonchev–Trinajstić information content (AvgIpc) is 3.11. The van der Waals surface area contributed by atoms with Crippen molar-refractivity contribution < 1.29 is 9.59 Å². The Morgan fingerprint density at radius 2 is 1.83 bits per heavy atom. The first kappa shape index (κ1) is 20.3. The van der Waals surface area contributed by atoms with Gasteiger partial charge >= 0.3 is 0 Å². The second-order valence-electron chi connectivity index (χ2n) is 7.07. The molecule has 29 heavy (non-hydrogen) atoms. The molecule has 0 saturated carbocycles. The molecule has 1 unspecified atom stereocenters. The molecule has 0 aliphatic carbocycles. The zero-order valence-corrected chi connectivity index (χ0v) is 16.8. The van der Waals surface area contributed by atoms with Gasteiger partial charge in [0.25, 0.3) is 0 Å². The predicted molar refractivity (Wildman–Crippen MR) is 112 cm³/mol. The normalized spacial score (nSPS) is 11.7. The van der Waals surface area contributed by atoms with E-state index in [9.17, 15) is 9.59 Å². The Kier molecular flexibility index (Phi) is 6.79. The van der Waals surface area contributed by atoms with Crippen molar-refractivity contribution in [2.75, 3.05) is 0 Å². The van der Waals surface area contributed by atoms with Crippen molar-refractivity contribution in [2.45, 2.75) is 39.4 Å². The second kappa shape index (κ2) is 9.68. The van der Waals surface area contributed by atoms with E-state index in [1.54, 1.807) is 6.20 Å². The topological polar surface area (TPSA) is 76.0 Å². The molecule has 6 heteroatoms. The number of aryl methyl sites for hydroxylation is 1. The molecule has 0 aliphatic heterocycles. The summed E-state index contributed by atoms with van der Waals surface area (Å²) in [5.41, 5.74) is 3.10. The van der Waals surface area contributed by atoms with E-state index in [0.717, 1.165) is 29.1 Å². The summed E-state index contributed by atoms with van der Waals surface area (Å²) in [5.74, 6) is 0.700. The van der Waals surface area contributed by atoms with Crippen LogP contribution in [0, 0.1) is 6.92 Å². The highest BCUT2D eigenvalue weighted by Crippen LogP contribution is 2.16. The molecule has 6 nitrogen and oxygen atoms in total. The fourth-order valence-corrected chi connectivity index (χ4v) is 3.25. The van der Waals surface area contributed by atoms with Gasteiger partial charge in [0.15, 0.2) is 0 Å². The molecule has 2 aromatic carbocycles. The van der Waals surface area contributed by atoms with Crippen molar-refractivity contribution in [3.05, 3.63) is 89.5 Å². The van der Waals surface area contributed by atoms with Crippen LogP contribution in [-0.4, -0.2) is 21.4 Å². The van der Waals surface area contributed by atoms with Gasteiger partial charge in [-0.1, -0.05) is 54.6 Å². The number of hydrogen-bond donors (Lipinski definition) is 2. The van der Waals surface area contributed by atoms with E-state index >= 15 is 0 Å². The van der Waals surface area contributed by atoms with E-state index < -0.39 is 0 Å². The van der Waals surface area contributed by atoms with Crippen molar-refractivity contribution in [1.29, 1.82) is 0 Å². The van der Waals surface area contributed by atoms with Gasteiger partial charge in [0.2, 0.25) is 11.8 Å². The van der Waals surface area contributed by atoms with Gasteiger partial charge < -0.3 is 15.2 Å². The minimum absolute atomic E-state index is 0.108. The standard InChI is InChI=1S/C23H26N4O2/c1-17-24-11-12-27(17)16-20-8-6-7-19(13-20)15-25-23(29)14-22(26-18(2)28)21-9-4-3-5-10-21/h3-13,22H,14-16H2,1-2H3,(H,25,29)(H,26,28). The van der Waals surface area contributed by atoms with Gasteiger partial charge in [-0.05, 0) is 23.6 Å². The quantitative estimate of drug-likeness (QED) is 0.620. The van der Waals surface area contributed by atoms with Crippen molar-refractivity contribution in [1.82, 2.24) is 20.2 Å². The van der Waals surface area contributed by atoms with Crippen LogP contribution in [0.3, 0.4) is 0 Å². The highest BCUT2D eigenvalue weighted by molar-refractivity contribution is 5.79. The third-order valence-corrected chi connectivity index (χ3v) is 4.73. The zero-order valence-electron chi connectivity index (χ0n) is 16.8. The third kappa shape index (κ3) is 6.04. The van der Waals surface area contributed by atoms with Crippen LogP contribution in [0.15, 0.2) is 67.0 Å². The first-order valence-corrected chi connectivity index (χ1v) is 9.65. The van der Waals surface area contributed by atoms with E-state index in [2.05, 4.69) is 32.3 Å². The van der Waals surface area contributed by atoms with Crippen molar-refractivity contribution in [2.24, 2.45) is 0 Å². The fourth-order valence-electron chi connectivity index (χ4n) is 3.25. The van der Waals surface area contributed by atoms with E-state index in [-0.39, 0.29) is 24.3 Å². The zero-order chi connectivity index (χ0) is 20.6. The molecular weight excluding hydrogens is 364 g/mol. The number of amides is 2. The van der Waals surface area contributed by atoms with Gasteiger partial charge in [-0.2, -0.15) is 0 Å². The number of hydrogen-bond acceptors (Lipinski definition) is 3. The van der Waals surface area contributed by atoms with Gasteiger partial charge in [0, 0.05) is 32.4 Å².